The summed E-state index contributed by atoms with van der Waals surface area (Å²) < 4.78 is 29.8. The summed E-state index contributed by atoms with van der Waals surface area (Å²) in [6, 6.07) is 4.83. The first kappa shape index (κ1) is 23.5. The molecule has 1 aromatic carbocycles. The number of halogens is 2. The molecule has 3 saturated carbocycles. The number of thioether (sulfide) groups is 1. The molecule has 2 aromatic heterocycles. The number of aromatic nitrogens is 5. The number of aromatic hydroxyl groups is 1. The van der Waals surface area contributed by atoms with Crippen molar-refractivity contribution in [3.8, 4) is 28.4 Å². The second kappa shape index (κ2) is 9.53. The number of hydrogen-bond acceptors (Lipinski definition) is 8. The molecule has 3 aliphatic carbocycles. The fourth-order valence-corrected chi connectivity index (χ4v) is 6.24. The Morgan fingerprint density at radius 1 is 1.06 bits per heavy atom. The van der Waals surface area contributed by atoms with Crippen molar-refractivity contribution in [1.29, 1.82) is 0 Å². The summed E-state index contributed by atoms with van der Waals surface area (Å²) in [7, 11) is 0. The molecule has 0 aliphatic heterocycles. The molecule has 0 spiro atoms. The Kier molecular flexibility index (Phi) is 6.23. The Hall–Kier alpha value is -2.88. The average Bonchev–Trinajstić information content (AvgIpc) is 3.73. The molecule has 1 N–H and O–H groups in total. The number of phenols is 1. The highest BCUT2D eigenvalue weighted by Gasteiger charge is 2.46. The molecule has 0 saturated heterocycles. The van der Waals surface area contributed by atoms with Crippen molar-refractivity contribution in [2.75, 3.05) is 11.2 Å². The topological polar surface area (TPSA) is 87.9 Å². The van der Waals surface area contributed by atoms with Gasteiger partial charge in [0.15, 0.2) is 22.6 Å². The van der Waals surface area contributed by atoms with Crippen LogP contribution in [-0.4, -0.2) is 54.8 Å². The predicted octanol–water partition coefficient (Wildman–Crippen LogP) is 5.45. The molecule has 6 rings (SSSR count). The molecule has 3 aliphatic rings. The van der Waals surface area contributed by atoms with Crippen molar-refractivity contribution in [3.05, 3.63) is 36.4 Å². The normalized spacial score (nSPS) is 25.5. The van der Waals surface area contributed by atoms with Crippen LogP contribution < -0.4 is 4.90 Å². The van der Waals surface area contributed by atoms with Crippen molar-refractivity contribution in [3.63, 3.8) is 0 Å². The van der Waals surface area contributed by atoms with Crippen LogP contribution >= 0.6 is 11.8 Å². The quantitative estimate of drug-likeness (QED) is 0.346. The van der Waals surface area contributed by atoms with E-state index in [2.05, 4.69) is 30.0 Å². The third-order valence-corrected chi connectivity index (χ3v) is 8.31. The average molecular weight is 511 g/mol. The van der Waals surface area contributed by atoms with Gasteiger partial charge in [-0.05, 0) is 62.3 Å². The van der Waals surface area contributed by atoms with E-state index >= 15 is 4.39 Å². The summed E-state index contributed by atoms with van der Waals surface area (Å²) in [6.45, 7) is 0. The maximum atomic E-state index is 15.5. The van der Waals surface area contributed by atoms with E-state index in [4.69, 9.17) is 0 Å². The number of nitrogens with zero attached hydrogens (tertiary/aromatic N) is 6. The second-order valence-electron chi connectivity index (χ2n) is 10.1. The molecule has 0 radical (unpaired) electrons. The number of hydrogen-bond donors (Lipinski definition) is 1. The van der Waals surface area contributed by atoms with E-state index in [0.29, 0.717) is 28.0 Å². The fourth-order valence-electron chi connectivity index (χ4n) is 5.90. The first-order valence-corrected chi connectivity index (χ1v) is 13.8. The third kappa shape index (κ3) is 4.40. The van der Waals surface area contributed by atoms with Crippen LogP contribution in [0.4, 0.5) is 14.6 Å². The molecule has 3 fully saturated rings. The van der Waals surface area contributed by atoms with E-state index in [0.717, 1.165) is 44.7 Å². The van der Waals surface area contributed by atoms with Crippen molar-refractivity contribution in [1.82, 2.24) is 25.1 Å². The van der Waals surface area contributed by atoms with Gasteiger partial charge < -0.3 is 10.0 Å². The Morgan fingerprint density at radius 3 is 2.64 bits per heavy atom. The van der Waals surface area contributed by atoms with Crippen molar-refractivity contribution in [2.24, 2.45) is 11.8 Å². The zero-order valence-corrected chi connectivity index (χ0v) is 20.8. The Bertz CT molecular complexity index is 1260. The highest BCUT2D eigenvalue weighted by atomic mass is 32.2. The van der Waals surface area contributed by atoms with E-state index < -0.39 is 12.0 Å². The summed E-state index contributed by atoms with van der Waals surface area (Å²) in [4.78, 5) is 14.7. The lowest BCUT2D eigenvalue weighted by molar-refractivity contribution is 0.0631. The van der Waals surface area contributed by atoms with Gasteiger partial charge in [0, 0.05) is 11.6 Å². The molecule has 3 aromatic rings. The molecule has 36 heavy (non-hydrogen) atoms. The first-order chi connectivity index (χ1) is 17.5. The molecular weight excluding hydrogens is 482 g/mol. The number of alkyl halides is 1. The molecule has 2 bridgehead atoms. The van der Waals surface area contributed by atoms with Crippen LogP contribution in [0.1, 0.15) is 44.9 Å². The smallest absolute Gasteiger partial charge is 0.187 e. The maximum absolute atomic E-state index is 15.5. The van der Waals surface area contributed by atoms with Crippen molar-refractivity contribution < 1.29 is 13.9 Å². The van der Waals surface area contributed by atoms with Gasteiger partial charge in [-0.2, -0.15) is 0 Å². The Balaban J connectivity index is 1.26. The van der Waals surface area contributed by atoms with Gasteiger partial charge in [-0.15, -0.1) is 10.2 Å². The first-order valence-electron chi connectivity index (χ1n) is 12.5. The van der Waals surface area contributed by atoms with Crippen LogP contribution in [0.3, 0.4) is 0 Å². The zero-order chi connectivity index (χ0) is 24.8. The van der Waals surface area contributed by atoms with Gasteiger partial charge in [0.1, 0.15) is 17.6 Å². The highest BCUT2D eigenvalue weighted by Crippen LogP contribution is 2.46. The third-order valence-electron chi connectivity index (χ3n) is 7.74. The van der Waals surface area contributed by atoms with Gasteiger partial charge in [-0.25, -0.2) is 23.7 Å². The van der Waals surface area contributed by atoms with Crippen molar-refractivity contribution >= 4 is 17.6 Å². The number of phenolic OH excluding ortho intramolecular Hbond substituents is 1. The zero-order valence-electron chi connectivity index (χ0n) is 20.0. The number of fused-ring (bicyclic) bond motifs is 2. The monoisotopic (exact) mass is 510 g/mol. The molecule has 0 amide bonds. The standard InChI is InChI=1S/C26H28F2N6OS/c1-36-26-30-12-19(27)24(31-26)16-5-8-18(21(35)11-16)25-29-13-22(32-33-25)34(17-6-7-17)20-10-14-3-2-4-15(9-14)23(20)28/h5,8,11-15,17,20,23,35H,2-4,6-7,9-10H2,1H3/t14-,15+,20+,23-/m0/s1. The largest absolute Gasteiger partial charge is 0.507 e. The van der Waals surface area contributed by atoms with Crippen LogP contribution in [-0.2, 0) is 0 Å². The number of benzene rings is 1. The predicted molar refractivity (Wildman–Crippen MR) is 134 cm³/mol. The van der Waals surface area contributed by atoms with E-state index in [-0.39, 0.29) is 35.3 Å². The molecule has 0 unspecified atom stereocenters. The highest BCUT2D eigenvalue weighted by molar-refractivity contribution is 7.98. The van der Waals surface area contributed by atoms with Crippen LogP contribution in [0.15, 0.2) is 35.7 Å². The molecular formula is C26H28F2N6OS. The Labute approximate surface area is 212 Å². The van der Waals surface area contributed by atoms with Crippen LogP contribution in [0.5, 0.6) is 5.75 Å². The molecule has 188 valence electrons. The van der Waals surface area contributed by atoms with Crippen LogP contribution in [0, 0.1) is 17.7 Å². The van der Waals surface area contributed by atoms with Crippen LogP contribution in [0.25, 0.3) is 22.6 Å². The SMILES string of the molecule is CSc1ncc(F)c(-c2ccc(-c3ncc(N(C4CC4)[C@@H]4C[C@H]5CCC[C@H](C5)[C@@H]4F)nn3)c(O)c2)n1. The minimum atomic E-state index is -0.853. The van der Waals surface area contributed by atoms with Gasteiger partial charge in [0.2, 0.25) is 0 Å². The van der Waals surface area contributed by atoms with Crippen LogP contribution in [0.2, 0.25) is 0 Å². The lowest BCUT2D eigenvalue weighted by Gasteiger charge is -2.46. The lowest BCUT2D eigenvalue weighted by atomic mass is 9.69. The summed E-state index contributed by atoms with van der Waals surface area (Å²) in [6.07, 6.45) is 10.9. The summed E-state index contributed by atoms with van der Waals surface area (Å²) in [5.74, 6) is 0.908. The van der Waals surface area contributed by atoms with E-state index in [1.807, 2.05) is 6.26 Å². The molecule has 7 nitrogen and oxygen atoms in total. The molecule has 2 heterocycles. The van der Waals surface area contributed by atoms with Gasteiger partial charge >= 0.3 is 0 Å². The van der Waals surface area contributed by atoms with Crippen molar-refractivity contribution in [2.45, 2.75) is 68.4 Å². The molecule has 10 heteroatoms. The number of rotatable bonds is 6. The van der Waals surface area contributed by atoms with Gasteiger partial charge in [-0.1, -0.05) is 30.7 Å². The minimum Gasteiger partial charge on any atom is -0.507 e. The van der Waals surface area contributed by atoms with E-state index in [1.165, 1.54) is 24.2 Å². The van der Waals surface area contributed by atoms with Gasteiger partial charge in [0.25, 0.3) is 0 Å². The van der Waals surface area contributed by atoms with E-state index in [9.17, 15) is 9.50 Å². The fraction of sp³-hybridized carbons (Fsp3) is 0.500. The van der Waals surface area contributed by atoms with Gasteiger partial charge in [-0.3, -0.25) is 0 Å². The second-order valence-corrected chi connectivity index (χ2v) is 10.9. The minimum absolute atomic E-state index is 0.103. The number of anilines is 1. The molecule has 4 atom stereocenters. The summed E-state index contributed by atoms with van der Waals surface area (Å²) in [5, 5.41) is 19.9. The summed E-state index contributed by atoms with van der Waals surface area (Å²) in [5.41, 5.74) is 0.919. The lowest BCUT2D eigenvalue weighted by Crippen LogP contribution is -2.52. The van der Waals surface area contributed by atoms with E-state index in [1.54, 1.807) is 18.3 Å². The Morgan fingerprint density at radius 2 is 1.92 bits per heavy atom. The van der Waals surface area contributed by atoms with Gasteiger partial charge in [0.05, 0.1) is 24.0 Å². The summed E-state index contributed by atoms with van der Waals surface area (Å²) >= 11 is 1.31. The maximum Gasteiger partial charge on any atom is 0.187 e.